The molecule has 0 saturated heterocycles. The summed E-state index contributed by atoms with van der Waals surface area (Å²) in [5.41, 5.74) is 7.75. The number of benzene rings is 1. The van der Waals surface area contributed by atoms with Crippen molar-refractivity contribution in [1.29, 1.82) is 0 Å². The molecular formula is C14H17N3O2S. The third-order valence-corrected chi connectivity index (χ3v) is 4.40. The van der Waals surface area contributed by atoms with Crippen LogP contribution in [0.5, 0.6) is 0 Å². The number of nitrogens with two attached hydrogens (primary N) is 1. The molecule has 0 unspecified atom stereocenters. The van der Waals surface area contributed by atoms with Crippen LogP contribution in [0.1, 0.15) is 16.8 Å². The van der Waals surface area contributed by atoms with Crippen molar-refractivity contribution >= 4 is 15.8 Å². The first-order chi connectivity index (χ1) is 9.42. The van der Waals surface area contributed by atoms with Gasteiger partial charge in [-0.15, -0.1) is 0 Å². The van der Waals surface area contributed by atoms with Gasteiger partial charge in [-0.3, -0.25) is 4.72 Å². The van der Waals surface area contributed by atoms with Gasteiger partial charge in [0.15, 0.2) is 0 Å². The molecule has 1 aromatic carbocycles. The fourth-order valence-electron chi connectivity index (χ4n) is 1.85. The minimum atomic E-state index is -3.66. The van der Waals surface area contributed by atoms with Crippen molar-refractivity contribution in [2.45, 2.75) is 25.3 Å². The number of sulfonamides is 1. The van der Waals surface area contributed by atoms with E-state index in [-0.39, 0.29) is 4.90 Å². The maximum atomic E-state index is 12.4. The zero-order valence-electron chi connectivity index (χ0n) is 11.4. The predicted octanol–water partition coefficient (Wildman–Crippen LogP) is 1.96. The van der Waals surface area contributed by atoms with Crippen LogP contribution in [0, 0.1) is 13.8 Å². The van der Waals surface area contributed by atoms with Gasteiger partial charge in [0.1, 0.15) is 5.82 Å². The number of aromatic nitrogens is 1. The van der Waals surface area contributed by atoms with Crippen LogP contribution in [0.15, 0.2) is 41.3 Å². The molecule has 1 aromatic heterocycles. The highest BCUT2D eigenvalue weighted by Gasteiger charge is 2.18. The lowest BCUT2D eigenvalue weighted by Crippen LogP contribution is -2.16. The Kier molecular flexibility index (Phi) is 4.06. The molecule has 0 fully saturated rings. The summed E-state index contributed by atoms with van der Waals surface area (Å²) in [5.74, 6) is 0.308. The van der Waals surface area contributed by atoms with Crippen molar-refractivity contribution in [3.63, 3.8) is 0 Å². The standard InChI is InChI=1S/C14H17N3O2S/c1-10-6-7-12(9-15)8-13(10)20(18,19)17-14-5-3-4-11(2)16-14/h3-8H,9,15H2,1-2H3,(H,16,17). The van der Waals surface area contributed by atoms with Crippen molar-refractivity contribution < 1.29 is 8.42 Å². The number of rotatable bonds is 4. The van der Waals surface area contributed by atoms with E-state index >= 15 is 0 Å². The van der Waals surface area contributed by atoms with Gasteiger partial charge in [-0.05, 0) is 43.2 Å². The maximum absolute atomic E-state index is 12.4. The molecule has 2 aromatic rings. The minimum Gasteiger partial charge on any atom is -0.326 e. The lowest BCUT2D eigenvalue weighted by Gasteiger charge is -2.11. The highest BCUT2D eigenvalue weighted by Crippen LogP contribution is 2.20. The molecule has 106 valence electrons. The summed E-state index contributed by atoms with van der Waals surface area (Å²) in [4.78, 5) is 4.37. The topological polar surface area (TPSA) is 85.1 Å². The second-order valence-corrected chi connectivity index (χ2v) is 6.22. The highest BCUT2D eigenvalue weighted by atomic mass is 32.2. The van der Waals surface area contributed by atoms with Gasteiger partial charge >= 0.3 is 0 Å². The van der Waals surface area contributed by atoms with Gasteiger partial charge in [0.2, 0.25) is 0 Å². The highest BCUT2D eigenvalue weighted by molar-refractivity contribution is 7.92. The number of nitrogens with zero attached hydrogens (tertiary/aromatic N) is 1. The van der Waals surface area contributed by atoms with Crippen LogP contribution in [0.25, 0.3) is 0 Å². The first kappa shape index (κ1) is 14.5. The van der Waals surface area contributed by atoms with Gasteiger partial charge in [-0.1, -0.05) is 18.2 Å². The molecule has 1 heterocycles. The van der Waals surface area contributed by atoms with Crippen LogP contribution < -0.4 is 10.5 Å². The molecule has 0 spiro atoms. The van der Waals surface area contributed by atoms with Gasteiger partial charge < -0.3 is 5.73 Å². The summed E-state index contributed by atoms with van der Waals surface area (Å²) < 4.78 is 27.3. The molecule has 0 bridgehead atoms. The second kappa shape index (κ2) is 5.60. The lowest BCUT2D eigenvalue weighted by atomic mass is 10.1. The molecule has 0 atom stereocenters. The summed E-state index contributed by atoms with van der Waals surface area (Å²) in [6, 6.07) is 10.3. The smallest absolute Gasteiger partial charge is 0.263 e. The number of nitrogens with one attached hydrogen (secondary N) is 1. The fourth-order valence-corrected chi connectivity index (χ4v) is 3.15. The van der Waals surface area contributed by atoms with E-state index in [1.165, 1.54) is 0 Å². The van der Waals surface area contributed by atoms with Crippen LogP contribution in [-0.4, -0.2) is 13.4 Å². The third-order valence-electron chi connectivity index (χ3n) is 2.91. The van der Waals surface area contributed by atoms with Gasteiger partial charge in [0.25, 0.3) is 10.0 Å². The monoisotopic (exact) mass is 291 g/mol. The molecule has 0 aliphatic rings. The van der Waals surface area contributed by atoms with E-state index in [1.54, 1.807) is 44.2 Å². The number of hydrogen-bond donors (Lipinski definition) is 2. The third kappa shape index (κ3) is 3.15. The molecule has 20 heavy (non-hydrogen) atoms. The van der Waals surface area contributed by atoms with Crippen molar-refractivity contribution in [2.24, 2.45) is 5.73 Å². The Morgan fingerprint density at radius 2 is 1.95 bits per heavy atom. The van der Waals surface area contributed by atoms with Crippen molar-refractivity contribution in [3.8, 4) is 0 Å². The Hall–Kier alpha value is -1.92. The number of hydrogen-bond acceptors (Lipinski definition) is 4. The largest absolute Gasteiger partial charge is 0.326 e. The van der Waals surface area contributed by atoms with Crippen LogP contribution in [-0.2, 0) is 16.6 Å². The molecular weight excluding hydrogens is 274 g/mol. The van der Waals surface area contributed by atoms with E-state index in [2.05, 4.69) is 9.71 Å². The van der Waals surface area contributed by atoms with Crippen LogP contribution in [0.2, 0.25) is 0 Å². The van der Waals surface area contributed by atoms with E-state index in [0.717, 1.165) is 11.3 Å². The fraction of sp³-hybridized carbons (Fsp3) is 0.214. The molecule has 0 aliphatic carbocycles. The van der Waals surface area contributed by atoms with Crippen molar-refractivity contribution in [2.75, 3.05) is 4.72 Å². The quantitative estimate of drug-likeness (QED) is 0.901. The maximum Gasteiger partial charge on any atom is 0.263 e. The van der Waals surface area contributed by atoms with Gasteiger partial charge in [-0.2, -0.15) is 0 Å². The molecule has 0 aliphatic heterocycles. The minimum absolute atomic E-state index is 0.226. The normalized spacial score (nSPS) is 11.3. The van der Waals surface area contributed by atoms with E-state index in [1.807, 2.05) is 6.07 Å². The number of pyridine rings is 1. The van der Waals surface area contributed by atoms with Crippen molar-refractivity contribution in [1.82, 2.24) is 4.98 Å². The van der Waals surface area contributed by atoms with Crippen LogP contribution >= 0.6 is 0 Å². The Balaban J connectivity index is 2.40. The summed E-state index contributed by atoms with van der Waals surface area (Å²) in [7, 11) is -3.66. The first-order valence-corrected chi connectivity index (χ1v) is 7.67. The zero-order valence-corrected chi connectivity index (χ0v) is 12.2. The SMILES string of the molecule is Cc1cccc(NS(=O)(=O)c2cc(CN)ccc2C)n1. The average Bonchev–Trinajstić information content (AvgIpc) is 2.38. The van der Waals surface area contributed by atoms with E-state index < -0.39 is 10.0 Å². The Morgan fingerprint density at radius 3 is 2.60 bits per heavy atom. The molecule has 0 amide bonds. The number of anilines is 1. The average molecular weight is 291 g/mol. The predicted molar refractivity (Wildman–Crippen MR) is 78.9 cm³/mol. The summed E-state index contributed by atoms with van der Waals surface area (Å²) in [6.45, 7) is 3.85. The number of aryl methyl sites for hydroxylation is 2. The lowest BCUT2D eigenvalue weighted by molar-refractivity contribution is 0.600. The summed E-state index contributed by atoms with van der Waals surface area (Å²) in [6.07, 6.45) is 0. The van der Waals surface area contributed by atoms with Gasteiger partial charge in [-0.25, -0.2) is 13.4 Å². The molecule has 6 heteroatoms. The van der Waals surface area contributed by atoms with E-state index in [9.17, 15) is 8.42 Å². The summed E-state index contributed by atoms with van der Waals surface area (Å²) >= 11 is 0. The zero-order chi connectivity index (χ0) is 14.8. The summed E-state index contributed by atoms with van der Waals surface area (Å²) in [5, 5.41) is 0. The Labute approximate surface area is 118 Å². The Bertz CT molecular complexity index is 727. The second-order valence-electron chi connectivity index (χ2n) is 4.57. The van der Waals surface area contributed by atoms with Gasteiger partial charge in [0, 0.05) is 12.2 Å². The Morgan fingerprint density at radius 1 is 1.20 bits per heavy atom. The van der Waals surface area contributed by atoms with Crippen LogP contribution in [0.3, 0.4) is 0 Å². The molecule has 0 saturated carbocycles. The molecule has 0 radical (unpaired) electrons. The first-order valence-electron chi connectivity index (χ1n) is 6.18. The van der Waals surface area contributed by atoms with Gasteiger partial charge in [0.05, 0.1) is 4.90 Å². The van der Waals surface area contributed by atoms with E-state index in [0.29, 0.717) is 17.9 Å². The van der Waals surface area contributed by atoms with Crippen molar-refractivity contribution in [3.05, 3.63) is 53.2 Å². The molecule has 2 rings (SSSR count). The van der Waals surface area contributed by atoms with Crippen LogP contribution in [0.4, 0.5) is 5.82 Å². The molecule has 5 nitrogen and oxygen atoms in total. The van der Waals surface area contributed by atoms with E-state index in [4.69, 9.17) is 5.73 Å². The molecule has 3 N–H and O–H groups in total.